The molecule has 0 amide bonds. The predicted octanol–water partition coefficient (Wildman–Crippen LogP) is 2.92. The highest BCUT2D eigenvalue weighted by Crippen LogP contribution is 2.30. The summed E-state index contributed by atoms with van der Waals surface area (Å²) < 4.78 is 7.61. The van der Waals surface area contributed by atoms with Gasteiger partial charge in [-0.1, -0.05) is 36.9 Å². The molecule has 1 saturated heterocycles. The standard InChI is InChI=1S/C18H23N5OS/c1-3-15-6-4-5-7-16(15)23-17(22-8-10-24-11-9-22)20-21-18(23)25-13-14(2)12-19/h4-7,14H,3,8-11,13H2,1-2H3/t14-/m0/s1. The molecule has 2 aromatic rings. The first kappa shape index (κ1) is 17.8. The van der Waals surface area contributed by atoms with Crippen LogP contribution in [0.2, 0.25) is 0 Å². The van der Waals surface area contributed by atoms with Crippen LogP contribution >= 0.6 is 11.8 Å². The topological polar surface area (TPSA) is 67.0 Å². The molecule has 7 heteroatoms. The van der Waals surface area contributed by atoms with Crippen molar-refractivity contribution in [3.05, 3.63) is 29.8 Å². The van der Waals surface area contributed by atoms with Gasteiger partial charge in [-0.2, -0.15) is 5.26 Å². The molecule has 1 aliphatic heterocycles. The van der Waals surface area contributed by atoms with Crippen LogP contribution in [-0.4, -0.2) is 46.8 Å². The first-order chi connectivity index (χ1) is 12.2. The molecule has 0 saturated carbocycles. The summed E-state index contributed by atoms with van der Waals surface area (Å²) in [6.07, 6.45) is 0.940. The minimum absolute atomic E-state index is 0.0246. The lowest BCUT2D eigenvalue weighted by molar-refractivity contribution is 0.122. The van der Waals surface area contributed by atoms with Crippen LogP contribution < -0.4 is 4.90 Å². The smallest absolute Gasteiger partial charge is 0.232 e. The molecular formula is C18H23N5OS. The van der Waals surface area contributed by atoms with E-state index in [1.165, 1.54) is 5.56 Å². The number of hydrogen-bond acceptors (Lipinski definition) is 6. The Bertz CT molecular complexity index is 748. The van der Waals surface area contributed by atoms with E-state index in [0.717, 1.165) is 36.3 Å². The molecule has 1 atom stereocenters. The summed E-state index contributed by atoms with van der Waals surface area (Å²) in [6.45, 7) is 7.11. The van der Waals surface area contributed by atoms with Gasteiger partial charge in [0.25, 0.3) is 0 Å². The molecule has 0 unspecified atom stereocenters. The van der Waals surface area contributed by atoms with Crippen molar-refractivity contribution in [2.24, 2.45) is 5.92 Å². The number of nitrogens with zero attached hydrogens (tertiary/aromatic N) is 5. The second kappa shape index (κ2) is 8.37. The Kier molecular flexibility index (Phi) is 5.95. The molecule has 132 valence electrons. The highest BCUT2D eigenvalue weighted by atomic mass is 32.2. The summed E-state index contributed by atoms with van der Waals surface area (Å²) in [5, 5.41) is 18.8. The highest BCUT2D eigenvalue weighted by molar-refractivity contribution is 7.99. The zero-order valence-electron chi connectivity index (χ0n) is 14.7. The molecule has 0 bridgehead atoms. The van der Waals surface area contributed by atoms with Crippen molar-refractivity contribution in [1.82, 2.24) is 14.8 Å². The van der Waals surface area contributed by atoms with Gasteiger partial charge in [-0.3, -0.25) is 4.57 Å². The molecule has 1 aliphatic rings. The van der Waals surface area contributed by atoms with E-state index >= 15 is 0 Å². The minimum atomic E-state index is -0.0246. The molecule has 0 spiro atoms. The van der Waals surface area contributed by atoms with Crippen molar-refractivity contribution in [1.29, 1.82) is 5.26 Å². The molecule has 25 heavy (non-hydrogen) atoms. The van der Waals surface area contributed by atoms with Gasteiger partial charge in [0.15, 0.2) is 5.16 Å². The normalized spacial score (nSPS) is 15.8. The van der Waals surface area contributed by atoms with Crippen molar-refractivity contribution < 1.29 is 4.74 Å². The fourth-order valence-electron chi connectivity index (χ4n) is 2.80. The molecule has 3 rings (SSSR count). The maximum Gasteiger partial charge on any atom is 0.232 e. The maximum atomic E-state index is 9.06. The van der Waals surface area contributed by atoms with Crippen LogP contribution in [0.25, 0.3) is 5.69 Å². The third-order valence-corrected chi connectivity index (χ3v) is 5.40. The van der Waals surface area contributed by atoms with Crippen LogP contribution in [-0.2, 0) is 11.2 Å². The number of aryl methyl sites for hydroxylation is 1. The summed E-state index contributed by atoms with van der Waals surface area (Å²) in [7, 11) is 0. The van der Waals surface area contributed by atoms with E-state index in [2.05, 4.69) is 50.9 Å². The number of nitriles is 1. The first-order valence-corrected chi connectivity index (χ1v) is 9.62. The molecule has 2 heterocycles. The van der Waals surface area contributed by atoms with Gasteiger partial charge in [-0.05, 0) is 25.0 Å². The second-order valence-electron chi connectivity index (χ2n) is 6.04. The van der Waals surface area contributed by atoms with Crippen LogP contribution in [0.1, 0.15) is 19.4 Å². The van der Waals surface area contributed by atoms with Crippen molar-refractivity contribution in [3.63, 3.8) is 0 Å². The lowest BCUT2D eigenvalue weighted by Gasteiger charge is -2.28. The number of hydrogen-bond donors (Lipinski definition) is 0. The number of benzene rings is 1. The van der Waals surface area contributed by atoms with Crippen LogP contribution in [0.3, 0.4) is 0 Å². The maximum absolute atomic E-state index is 9.06. The van der Waals surface area contributed by atoms with Gasteiger partial charge in [0.1, 0.15) is 0 Å². The number of thioether (sulfide) groups is 1. The van der Waals surface area contributed by atoms with Crippen molar-refractivity contribution in [2.45, 2.75) is 25.4 Å². The van der Waals surface area contributed by atoms with E-state index in [4.69, 9.17) is 10.00 Å². The van der Waals surface area contributed by atoms with Gasteiger partial charge in [0.2, 0.25) is 5.95 Å². The Morgan fingerprint density at radius 1 is 1.28 bits per heavy atom. The molecule has 0 aliphatic carbocycles. The van der Waals surface area contributed by atoms with Crippen LogP contribution in [0.4, 0.5) is 5.95 Å². The Hall–Kier alpha value is -2.04. The summed E-state index contributed by atoms with van der Waals surface area (Å²) >= 11 is 1.59. The molecule has 1 aromatic heterocycles. The van der Waals surface area contributed by atoms with Gasteiger partial charge in [-0.15, -0.1) is 10.2 Å². The number of anilines is 1. The quantitative estimate of drug-likeness (QED) is 0.741. The average Bonchev–Trinajstić information content (AvgIpc) is 3.10. The predicted molar refractivity (Wildman–Crippen MR) is 99.3 cm³/mol. The van der Waals surface area contributed by atoms with E-state index < -0.39 is 0 Å². The summed E-state index contributed by atoms with van der Waals surface area (Å²) in [4.78, 5) is 2.22. The van der Waals surface area contributed by atoms with Crippen molar-refractivity contribution in [2.75, 3.05) is 37.0 Å². The Labute approximate surface area is 152 Å². The highest BCUT2D eigenvalue weighted by Gasteiger charge is 2.23. The third kappa shape index (κ3) is 3.97. The van der Waals surface area contributed by atoms with Crippen LogP contribution in [0.15, 0.2) is 29.4 Å². The third-order valence-electron chi connectivity index (χ3n) is 4.21. The van der Waals surface area contributed by atoms with Crippen molar-refractivity contribution >= 4 is 17.7 Å². The number of ether oxygens (including phenoxy) is 1. The lowest BCUT2D eigenvalue weighted by Crippen LogP contribution is -2.38. The number of para-hydroxylation sites is 1. The van der Waals surface area contributed by atoms with E-state index in [-0.39, 0.29) is 5.92 Å². The van der Waals surface area contributed by atoms with E-state index in [1.807, 2.05) is 13.0 Å². The van der Waals surface area contributed by atoms with E-state index in [0.29, 0.717) is 19.0 Å². The zero-order valence-corrected chi connectivity index (χ0v) is 15.5. The molecule has 0 radical (unpaired) electrons. The van der Waals surface area contributed by atoms with Gasteiger partial charge >= 0.3 is 0 Å². The molecule has 1 fully saturated rings. The summed E-state index contributed by atoms with van der Waals surface area (Å²) in [5.41, 5.74) is 2.37. The molecule has 0 N–H and O–H groups in total. The fourth-order valence-corrected chi connectivity index (χ4v) is 3.68. The lowest BCUT2D eigenvalue weighted by atomic mass is 10.1. The van der Waals surface area contributed by atoms with Gasteiger partial charge in [0, 0.05) is 18.8 Å². The van der Waals surface area contributed by atoms with Gasteiger partial charge in [0.05, 0.1) is 30.9 Å². The van der Waals surface area contributed by atoms with Gasteiger partial charge < -0.3 is 9.64 Å². The summed E-state index contributed by atoms with van der Waals surface area (Å²) in [5.74, 6) is 1.53. The van der Waals surface area contributed by atoms with Crippen LogP contribution in [0.5, 0.6) is 0 Å². The minimum Gasteiger partial charge on any atom is -0.378 e. The van der Waals surface area contributed by atoms with Gasteiger partial charge in [-0.25, -0.2) is 0 Å². The Balaban J connectivity index is 2.01. The SMILES string of the molecule is CCc1ccccc1-n1c(SC[C@@H](C)C#N)nnc1N1CCOCC1. The van der Waals surface area contributed by atoms with Crippen molar-refractivity contribution in [3.8, 4) is 11.8 Å². The second-order valence-corrected chi connectivity index (χ2v) is 7.03. The number of rotatable bonds is 6. The molecule has 6 nitrogen and oxygen atoms in total. The number of aromatic nitrogens is 3. The van der Waals surface area contributed by atoms with E-state index in [1.54, 1.807) is 11.8 Å². The largest absolute Gasteiger partial charge is 0.378 e. The summed E-state index contributed by atoms with van der Waals surface area (Å²) in [6, 6.07) is 10.6. The Morgan fingerprint density at radius 2 is 2.04 bits per heavy atom. The monoisotopic (exact) mass is 357 g/mol. The average molecular weight is 357 g/mol. The van der Waals surface area contributed by atoms with E-state index in [9.17, 15) is 0 Å². The molecule has 1 aromatic carbocycles. The van der Waals surface area contributed by atoms with Crippen LogP contribution in [0, 0.1) is 17.2 Å². The fraction of sp³-hybridized carbons (Fsp3) is 0.500. The number of morpholine rings is 1. The molecular weight excluding hydrogens is 334 g/mol. The first-order valence-electron chi connectivity index (χ1n) is 8.63. The zero-order chi connectivity index (χ0) is 17.6. The Morgan fingerprint density at radius 3 is 2.76 bits per heavy atom.